The van der Waals surface area contributed by atoms with Crippen LogP contribution in [0.2, 0.25) is 0 Å². The van der Waals surface area contributed by atoms with E-state index in [9.17, 15) is 8.42 Å². The summed E-state index contributed by atoms with van der Waals surface area (Å²) in [7, 11) is -3.83. The summed E-state index contributed by atoms with van der Waals surface area (Å²) >= 11 is 0. The number of aromatic nitrogens is 3. The van der Waals surface area contributed by atoms with Crippen molar-refractivity contribution < 1.29 is 8.42 Å². The largest absolute Gasteiger partial charge is 0.280 e. The third-order valence-electron chi connectivity index (χ3n) is 3.58. The second-order valence-electron chi connectivity index (χ2n) is 5.42. The maximum absolute atomic E-state index is 12.4. The maximum atomic E-state index is 12.4. The number of hydrogen-bond donors (Lipinski definition) is 2. The molecule has 2 N–H and O–H groups in total. The molecule has 0 bridgehead atoms. The monoisotopic (exact) mass is 333 g/mol. The summed E-state index contributed by atoms with van der Waals surface area (Å²) in [4.78, 5) is 3.88. The molecule has 0 saturated carbocycles. The van der Waals surface area contributed by atoms with E-state index in [0.29, 0.717) is 5.69 Å². The number of hydrogen-bond acceptors (Lipinski definition) is 5. The molecule has 0 spiro atoms. The Morgan fingerprint density at radius 3 is 2.83 bits per heavy atom. The van der Waals surface area contributed by atoms with Crippen LogP contribution < -0.4 is 4.72 Å². The SMILES string of the molecule is CCCC(C)c1cc(NS(=O)(=O)c2cnc(C)c(C#N)c2)n[nH]1. The number of nitrogens with one attached hydrogen (secondary N) is 2. The van der Waals surface area contributed by atoms with Crippen LogP contribution in [0.15, 0.2) is 23.2 Å². The molecule has 0 aliphatic carbocycles. The second-order valence-corrected chi connectivity index (χ2v) is 7.10. The lowest BCUT2D eigenvalue weighted by Crippen LogP contribution is -2.14. The van der Waals surface area contributed by atoms with E-state index < -0.39 is 10.0 Å². The van der Waals surface area contributed by atoms with Gasteiger partial charge in [0.05, 0.1) is 11.3 Å². The molecular formula is C15H19N5O2S. The molecule has 2 heterocycles. The van der Waals surface area contributed by atoms with Crippen LogP contribution in [0.25, 0.3) is 0 Å². The van der Waals surface area contributed by atoms with Crippen molar-refractivity contribution in [3.63, 3.8) is 0 Å². The van der Waals surface area contributed by atoms with E-state index >= 15 is 0 Å². The Morgan fingerprint density at radius 2 is 2.17 bits per heavy atom. The summed E-state index contributed by atoms with van der Waals surface area (Å²) in [6.07, 6.45) is 3.25. The first-order chi connectivity index (χ1) is 10.9. The lowest BCUT2D eigenvalue weighted by Gasteiger charge is -2.06. The van der Waals surface area contributed by atoms with E-state index in [1.54, 1.807) is 13.0 Å². The van der Waals surface area contributed by atoms with Crippen LogP contribution in [0.3, 0.4) is 0 Å². The molecule has 0 amide bonds. The average Bonchev–Trinajstić information content (AvgIpc) is 2.95. The minimum Gasteiger partial charge on any atom is -0.280 e. The molecule has 0 saturated heterocycles. The van der Waals surface area contributed by atoms with Crippen LogP contribution in [0.5, 0.6) is 0 Å². The summed E-state index contributed by atoms with van der Waals surface area (Å²) in [6.45, 7) is 5.80. The van der Waals surface area contributed by atoms with Gasteiger partial charge in [-0.3, -0.25) is 14.8 Å². The molecular weight excluding hydrogens is 314 g/mol. The van der Waals surface area contributed by atoms with Crippen molar-refractivity contribution in [3.05, 3.63) is 35.3 Å². The molecule has 0 aliphatic rings. The number of nitrogens with zero attached hydrogens (tertiary/aromatic N) is 3. The molecule has 1 unspecified atom stereocenters. The second kappa shape index (κ2) is 6.79. The highest BCUT2D eigenvalue weighted by Crippen LogP contribution is 2.22. The molecule has 23 heavy (non-hydrogen) atoms. The smallest absolute Gasteiger partial charge is 0.264 e. The van der Waals surface area contributed by atoms with Gasteiger partial charge >= 0.3 is 0 Å². The number of H-pyrrole nitrogens is 1. The molecule has 2 aromatic rings. The van der Waals surface area contributed by atoms with Crippen LogP contribution >= 0.6 is 0 Å². The van der Waals surface area contributed by atoms with E-state index in [1.807, 2.05) is 6.07 Å². The van der Waals surface area contributed by atoms with E-state index in [2.05, 4.69) is 33.8 Å². The van der Waals surface area contributed by atoms with E-state index in [1.165, 1.54) is 12.3 Å². The highest BCUT2D eigenvalue weighted by Gasteiger charge is 2.18. The fourth-order valence-electron chi connectivity index (χ4n) is 2.20. The summed E-state index contributed by atoms with van der Waals surface area (Å²) in [5, 5.41) is 15.8. The van der Waals surface area contributed by atoms with Crippen molar-refractivity contribution in [1.29, 1.82) is 5.26 Å². The van der Waals surface area contributed by atoms with Gasteiger partial charge in [0.2, 0.25) is 0 Å². The molecule has 2 rings (SSSR count). The fraction of sp³-hybridized carbons (Fsp3) is 0.400. The van der Waals surface area contributed by atoms with Gasteiger partial charge in [0.15, 0.2) is 5.82 Å². The third-order valence-corrected chi connectivity index (χ3v) is 4.90. The van der Waals surface area contributed by atoms with Crippen LogP contribution in [-0.2, 0) is 10.0 Å². The molecule has 2 aromatic heterocycles. The van der Waals surface area contributed by atoms with Gasteiger partial charge in [-0.25, -0.2) is 8.42 Å². The molecule has 8 heteroatoms. The highest BCUT2D eigenvalue weighted by molar-refractivity contribution is 7.92. The number of nitriles is 1. The summed E-state index contributed by atoms with van der Waals surface area (Å²) in [6, 6.07) is 4.92. The minimum atomic E-state index is -3.83. The van der Waals surface area contributed by atoms with Crippen LogP contribution in [-0.4, -0.2) is 23.6 Å². The molecule has 0 aromatic carbocycles. The van der Waals surface area contributed by atoms with Crippen molar-refractivity contribution in [3.8, 4) is 6.07 Å². The summed E-state index contributed by atoms with van der Waals surface area (Å²) < 4.78 is 27.1. The van der Waals surface area contributed by atoms with Gasteiger partial charge in [0.1, 0.15) is 11.0 Å². The Hall–Kier alpha value is -2.40. The Kier molecular flexibility index (Phi) is 5.01. The zero-order valence-corrected chi connectivity index (χ0v) is 14.1. The normalized spacial score (nSPS) is 12.6. The lowest BCUT2D eigenvalue weighted by molar-refractivity contribution is 0.600. The average molecular weight is 333 g/mol. The number of anilines is 1. The topological polar surface area (TPSA) is 112 Å². The van der Waals surface area contributed by atoms with Gasteiger partial charge in [-0.05, 0) is 25.3 Å². The van der Waals surface area contributed by atoms with Crippen LogP contribution in [0.1, 0.15) is 49.6 Å². The van der Waals surface area contributed by atoms with E-state index in [-0.39, 0.29) is 22.2 Å². The summed E-state index contributed by atoms with van der Waals surface area (Å²) in [5.74, 6) is 0.499. The number of rotatable bonds is 6. The van der Waals surface area contributed by atoms with Crippen LogP contribution in [0, 0.1) is 18.3 Å². The predicted molar refractivity (Wildman–Crippen MR) is 86.4 cm³/mol. The number of pyridine rings is 1. The maximum Gasteiger partial charge on any atom is 0.264 e. The van der Waals surface area contributed by atoms with Crippen LogP contribution in [0.4, 0.5) is 5.82 Å². The number of aromatic amines is 1. The van der Waals surface area contributed by atoms with E-state index in [4.69, 9.17) is 5.26 Å². The van der Waals surface area contributed by atoms with Crippen molar-refractivity contribution in [2.24, 2.45) is 0 Å². The number of aryl methyl sites for hydroxylation is 1. The first kappa shape index (κ1) is 17.0. The van der Waals surface area contributed by atoms with Crippen molar-refractivity contribution in [2.45, 2.75) is 44.4 Å². The highest BCUT2D eigenvalue weighted by atomic mass is 32.2. The molecule has 122 valence electrons. The van der Waals surface area contributed by atoms with Gasteiger partial charge in [-0.15, -0.1) is 0 Å². The van der Waals surface area contributed by atoms with Gasteiger partial charge in [0.25, 0.3) is 10.0 Å². The summed E-state index contributed by atoms with van der Waals surface area (Å²) in [5.41, 5.74) is 1.60. The van der Waals surface area contributed by atoms with Crippen molar-refractivity contribution in [1.82, 2.24) is 15.2 Å². The van der Waals surface area contributed by atoms with Gasteiger partial charge < -0.3 is 0 Å². The zero-order valence-electron chi connectivity index (χ0n) is 13.3. The quantitative estimate of drug-likeness (QED) is 0.844. The first-order valence-corrected chi connectivity index (χ1v) is 8.80. The van der Waals surface area contributed by atoms with Gasteiger partial charge in [0, 0.05) is 18.0 Å². The van der Waals surface area contributed by atoms with Gasteiger partial charge in [-0.1, -0.05) is 20.3 Å². The minimum absolute atomic E-state index is 0.0641. The Balaban J connectivity index is 2.24. The van der Waals surface area contributed by atoms with Crippen molar-refractivity contribution in [2.75, 3.05) is 4.72 Å². The molecule has 0 fully saturated rings. The standard InChI is InChI=1S/C15H19N5O2S/c1-4-5-10(2)14-7-15(19-18-14)20-23(21,22)13-6-12(8-16)11(3)17-9-13/h6-7,9-10H,4-5H2,1-3H3,(H2,18,19,20). The Bertz CT molecular complexity index is 836. The molecule has 7 nitrogen and oxygen atoms in total. The number of sulfonamides is 1. The predicted octanol–water partition coefficient (Wildman–Crippen LogP) is 2.69. The van der Waals surface area contributed by atoms with E-state index in [0.717, 1.165) is 18.5 Å². The molecule has 0 radical (unpaired) electrons. The fourth-order valence-corrected chi connectivity index (χ4v) is 3.16. The Labute approximate surface area is 135 Å². The van der Waals surface area contributed by atoms with Crippen molar-refractivity contribution >= 4 is 15.8 Å². The molecule has 1 atom stereocenters. The first-order valence-electron chi connectivity index (χ1n) is 7.32. The molecule has 0 aliphatic heterocycles. The zero-order chi connectivity index (χ0) is 17.0. The third kappa shape index (κ3) is 3.87. The van der Waals surface area contributed by atoms with Gasteiger partial charge in [-0.2, -0.15) is 10.4 Å². The Morgan fingerprint density at radius 1 is 1.43 bits per heavy atom. The lowest BCUT2D eigenvalue weighted by atomic mass is 10.0.